The lowest BCUT2D eigenvalue weighted by atomic mass is 9.87. The Morgan fingerprint density at radius 1 is 1.10 bits per heavy atom. The average Bonchev–Trinajstić information content (AvgIpc) is 3.19. The van der Waals surface area contributed by atoms with Gasteiger partial charge in [-0.05, 0) is 50.5 Å². The number of benzene rings is 2. The second-order valence-corrected chi connectivity index (χ2v) is 12.3. The molecule has 0 bridgehead atoms. The predicted octanol–water partition coefficient (Wildman–Crippen LogP) is 4.03. The van der Waals surface area contributed by atoms with Crippen molar-refractivity contribution in [3.63, 3.8) is 0 Å². The SMILES string of the molecule is Cc1ccc(S(=O)(=O)N2c3ccc(C(O)(C(F)(F)F)C(F)(F)F)cc3CCC2CC(=O)NC2(C)COC(=O)C2)cc1. The molecule has 1 fully saturated rings. The van der Waals surface area contributed by atoms with Crippen LogP contribution in [-0.4, -0.2) is 55.9 Å². The highest BCUT2D eigenvalue weighted by Gasteiger charge is 2.71. The lowest BCUT2D eigenvalue weighted by Gasteiger charge is -2.39. The number of halogens is 6. The minimum absolute atomic E-state index is 0.0967. The fourth-order valence-electron chi connectivity index (χ4n) is 5.03. The molecule has 0 radical (unpaired) electrons. The number of hydrogen-bond donors (Lipinski definition) is 2. The molecule has 4 rings (SSSR count). The Kier molecular flexibility index (Phi) is 7.61. The Hall–Kier alpha value is -3.33. The lowest BCUT2D eigenvalue weighted by Crippen LogP contribution is -2.54. The topological polar surface area (TPSA) is 113 Å². The summed E-state index contributed by atoms with van der Waals surface area (Å²) in [4.78, 5) is 24.3. The smallest absolute Gasteiger partial charge is 0.430 e. The van der Waals surface area contributed by atoms with E-state index in [1.54, 1.807) is 13.8 Å². The fraction of sp³-hybridized carbons (Fsp3) is 0.462. The zero-order chi connectivity index (χ0) is 30.6. The molecule has 1 amide bonds. The van der Waals surface area contributed by atoms with Crippen LogP contribution in [0.3, 0.4) is 0 Å². The highest BCUT2D eigenvalue weighted by molar-refractivity contribution is 7.92. The number of carbonyl (C=O) groups excluding carboxylic acids is 2. The molecule has 2 aliphatic heterocycles. The van der Waals surface area contributed by atoms with Gasteiger partial charge in [0.2, 0.25) is 5.91 Å². The van der Waals surface area contributed by atoms with Crippen LogP contribution in [0.5, 0.6) is 0 Å². The molecule has 2 atom stereocenters. The number of cyclic esters (lactones) is 1. The fourth-order valence-corrected chi connectivity index (χ4v) is 6.74. The summed E-state index contributed by atoms with van der Waals surface area (Å²) >= 11 is 0. The molecule has 2 aromatic carbocycles. The van der Waals surface area contributed by atoms with Crippen molar-refractivity contribution in [3.05, 3.63) is 59.2 Å². The molecule has 41 heavy (non-hydrogen) atoms. The molecular formula is C26H26F6N2O6S. The van der Waals surface area contributed by atoms with Gasteiger partial charge in [-0.25, -0.2) is 8.42 Å². The maximum atomic E-state index is 13.8. The van der Waals surface area contributed by atoms with Crippen LogP contribution in [0.4, 0.5) is 32.0 Å². The Bertz CT molecular complexity index is 1440. The first kappa shape index (κ1) is 30.6. The first-order valence-corrected chi connectivity index (χ1v) is 13.8. The van der Waals surface area contributed by atoms with Crippen LogP contribution in [0.15, 0.2) is 47.4 Å². The summed E-state index contributed by atoms with van der Waals surface area (Å²) in [7, 11) is -4.48. The van der Waals surface area contributed by atoms with Crippen LogP contribution >= 0.6 is 0 Å². The van der Waals surface area contributed by atoms with Crippen LogP contribution < -0.4 is 9.62 Å². The highest BCUT2D eigenvalue weighted by Crippen LogP contribution is 2.51. The first-order valence-electron chi connectivity index (χ1n) is 12.4. The zero-order valence-electron chi connectivity index (χ0n) is 21.8. The second kappa shape index (κ2) is 10.2. The van der Waals surface area contributed by atoms with E-state index in [2.05, 4.69) is 5.32 Å². The number of ether oxygens (including phenoxy) is 1. The van der Waals surface area contributed by atoms with Crippen molar-refractivity contribution in [2.45, 2.75) is 74.0 Å². The molecule has 2 N–H and O–H groups in total. The predicted molar refractivity (Wildman–Crippen MR) is 132 cm³/mol. The number of hydrogen-bond acceptors (Lipinski definition) is 6. The number of amides is 1. The van der Waals surface area contributed by atoms with Gasteiger partial charge >= 0.3 is 18.3 Å². The van der Waals surface area contributed by atoms with Crippen LogP contribution in [0.25, 0.3) is 0 Å². The van der Waals surface area contributed by atoms with Crippen molar-refractivity contribution in [1.82, 2.24) is 5.32 Å². The molecule has 0 aromatic heterocycles. The maximum absolute atomic E-state index is 13.8. The highest BCUT2D eigenvalue weighted by atomic mass is 32.2. The number of esters is 1. The quantitative estimate of drug-likeness (QED) is 0.379. The van der Waals surface area contributed by atoms with Crippen molar-refractivity contribution in [2.24, 2.45) is 0 Å². The Labute approximate surface area is 231 Å². The minimum Gasteiger partial charge on any atom is -0.463 e. The number of nitrogens with zero attached hydrogens (tertiary/aromatic N) is 1. The summed E-state index contributed by atoms with van der Waals surface area (Å²) in [6.07, 6.45) is -13.1. The van der Waals surface area contributed by atoms with Crippen molar-refractivity contribution < 1.29 is 54.2 Å². The summed E-state index contributed by atoms with van der Waals surface area (Å²) in [5.74, 6) is -1.17. The Morgan fingerprint density at radius 3 is 2.24 bits per heavy atom. The molecule has 2 unspecified atom stereocenters. The largest absolute Gasteiger partial charge is 0.463 e. The van der Waals surface area contributed by atoms with Crippen molar-refractivity contribution in [2.75, 3.05) is 10.9 Å². The van der Waals surface area contributed by atoms with Gasteiger partial charge in [0.1, 0.15) is 6.61 Å². The van der Waals surface area contributed by atoms with Crippen molar-refractivity contribution in [3.8, 4) is 0 Å². The molecule has 224 valence electrons. The molecule has 8 nitrogen and oxygen atoms in total. The molecular weight excluding hydrogens is 582 g/mol. The van der Waals surface area contributed by atoms with E-state index in [4.69, 9.17) is 4.74 Å². The van der Waals surface area contributed by atoms with Crippen LogP contribution in [0.1, 0.15) is 42.9 Å². The molecule has 2 aliphatic rings. The van der Waals surface area contributed by atoms with E-state index in [1.807, 2.05) is 0 Å². The molecule has 0 saturated carbocycles. The summed E-state index contributed by atoms with van der Waals surface area (Å²) < 4.78 is 114. The summed E-state index contributed by atoms with van der Waals surface area (Å²) in [6, 6.07) is 6.16. The first-order chi connectivity index (χ1) is 18.8. The monoisotopic (exact) mass is 608 g/mol. The molecule has 2 aromatic rings. The number of rotatable bonds is 6. The van der Waals surface area contributed by atoms with E-state index < -0.39 is 63.4 Å². The number of fused-ring (bicyclic) bond motifs is 1. The number of sulfonamides is 1. The Morgan fingerprint density at radius 2 is 1.71 bits per heavy atom. The van der Waals surface area contributed by atoms with Gasteiger partial charge in [0.05, 0.1) is 28.6 Å². The van der Waals surface area contributed by atoms with Gasteiger partial charge in [0.15, 0.2) is 0 Å². The summed E-state index contributed by atoms with van der Waals surface area (Å²) in [5.41, 5.74) is -7.43. The Balaban J connectivity index is 1.77. The van der Waals surface area contributed by atoms with Gasteiger partial charge in [-0.2, -0.15) is 26.3 Å². The number of nitrogens with one attached hydrogen (secondary N) is 1. The number of alkyl halides is 6. The molecule has 2 heterocycles. The van der Waals surface area contributed by atoms with Gasteiger partial charge in [0, 0.05) is 12.0 Å². The number of aliphatic hydroxyl groups is 1. The van der Waals surface area contributed by atoms with E-state index in [9.17, 15) is 49.5 Å². The maximum Gasteiger partial charge on any atom is 0.430 e. The number of aryl methyl sites for hydroxylation is 2. The minimum atomic E-state index is -6.12. The average molecular weight is 609 g/mol. The molecule has 0 aliphatic carbocycles. The molecule has 1 saturated heterocycles. The lowest BCUT2D eigenvalue weighted by molar-refractivity contribution is -0.376. The van der Waals surface area contributed by atoms with Gasteiger partial charge in [-0.1, -0.05) is 29.8 Å². The standard InChI is InChI=1S/C26H26F6N2O6S/c1-15-3-8-19(9-4-15)41(38,39)34-18(12-21(35)33-23(2)13-22(36)40-14-23)7-5-16-11-17(6-10-20(16)34)24(37,25(27,28)29)26(30,31)32/h3-4,6,8-11,18,37H,5,7,12-14H2,1-2H3,(H,33,35). The number of carbonyl (C=O) groups is 2. The number of anilines is 1. The van der Waals surface area contributed by atoms with E-state index in [0.29, 0.717) is 12.1 Å². The van der Waals surface area contributed by atoms with Crippen molar-refractivity contribution in [1.29, 1.82) is 0 Å². The molecule has 0 spiro atoms. The normalized spacial score (nSPS) is 21.8. The molecule has 15 heteroatoms. The van der Waals surface area contributed by atoms with Gasteiger partial charge in [0.25, 0.3) is 15.6 Å². The van der Waals surface area contributed by atoms with E-state index in [1.165, 1.54) is 24.3 Å². The summed E-state index contributed by atoms with van der Waals surface area (Å²) in [5, 5.41) is 12.5. The second-order valence-electron chi connectivity index (χ2n) is 10.5. The van der Waals surface area contributed by atoms with Gasteiger partial charge < -0.3 is 15.2 Å². The van der Waals surface area contributed by atoms with Gasteiger partial charge in [-0.3, -0.25) is 13.9 Å². The van der Waals surface area contributed by atoms with E-state index in [-0.39, 0.29) is 42.0 Å². The zero-order valence-corrected chi connectivity index (χ0v) is 22.6. The third-order valence-electron chi connectivity index (χ3n) is 7.16. The van der Waals surface area contributed by atoms with E-state index >= 15 is 0 Å². The van der Waals surface area contributed by atoms with Crippen LogP contribution in [-0.2, 0) is 36.4 Å². The third kappa shape index (κ3) is 5.61. The van der Waals surface area contributed by atoms with E-state index in [0.717, 1.165) is 15.9 Å². The van der Waals surface area contributed by atoms with Crippen LogP contribution in [0, 0.1) is 6.92 Å². The third-order valence-corrected chi connectivity index (χ3v) is 9.04. The van der Waals surface area contributed by atoms with Gasteiger partial charge in [-0.15, -0.1) is 0 Å². The van der Waals surface area contributed by atoms with Crippen molar-refractivity contribution >= 4 is 27.6 Å². The van der Waals surface area contributed by atoms with Crippen LogP contribution in [0.2, 0.25) is 0 Å². The summed E-state index contributed by atoms with van der Waals surface area (Å²) in [6.45, 7) is 3.18.